The molecule has 0 aliphatic carbocycles. The summed E-state index contributed by atoms with van der Waals surface area (Å²) in [6.45, 7) is 1.24. The van der Waals surface area contributed by atoms with Crippen molar-refractivity contribution < 1.29 is 9.13 Å². The van der Waals surface area contributed by atoms with E-state index in [1.807, 2.05) is 11.4 Å². The van der Waals surface area contributed by atoms with E-state index < -0.39 is 0 Å². The number of benzene rings is 1. The molecule has 1 atom stereocenters. The van der Waals surface area contributed by atoms with Gasteiger partial charge in [0.2, 0.25) is 0 Å². The molecule has 0 aliphatic rings. The number of ether oxygens (including phenoxy) is 1. The normalized spacial score (nSPS) is 13.1. The number of halogens is 1. The fourth-order valence-corrected chi connectivity index (χ4v) is 3.08. The second kappa shape index (κ2) is 5.58. The van der Waals surface area contributed by atoms with E-state index in [9.17, 15) is 4.39 Å². The van der Waals surface area contributed by atoms with Crippen molar-refractivity contribution in [2.75, 3.05) is 20.3 Å². The average Bonchev–Trinajstić information content (AvgIpc) is 2.76. The van der Waals surface area contributed by atoms with Crippen LogP contribution in [0, 0.1) is 5.82 Å². The maximum absolute atomic E-state index is 13.6. The van der Waals surface area contributed by atoms with Crippen LogP contribution in [-0.2, 0) is 4.74 Å². The SMILES string of the molecule is COCCC(CN)c1csc2c(F)cccc12. The molecule has 1 heterocycles. The molecule has 2 aromatic rings. The van der Waals surface area contributed by atoms with Crippen molar-refractivity contribution in [2.24, 2.45) is 5.73 Å². The summed E-state index contributed by atoms with van der Waals surface area (Å²) in [7, 11) is 1.68. The van der Waals surface area contributed by atoms with Crippen LogP contribution < -0.4 is 5.73 Å². The number of hydrogen-bond donors (Lipinski definition) is 1. The number of methoxy groups -OCH3 is 1. The molecule has 1 unspecified atom stereocenters. The first-order valence-corrected chi connectivity index (χ1v) is 6.50. The molecule has 4 heteroatoms. The van der Waals surface area contributed by atoms with E-state index >= 15 is 0 Å². The lowest BCUT2D eigenvalue weighted by Crippen LogP contribution is -2.14. The van der Waals surface area contributed by atoms with E-state index in [0.29, 0.717) is 13.2 Å². The second-order valence-corrected chi connectivity index (χ2v) is 4.90. The highest BCUT2D eigenvalue weighted by molar-refractivity contribution is 7.17. The average molecular weight is 253 g/mol. The van der Waals surface area contributed by atoms with Gasteiger partial charge in [0.1, 0.15) is 5.82 Å². The highest BCUT2D eigenvalue weighted by Crippen LogP contribution is 2.33. The standard InChI is InChI=1S/C13H16FNOS/c1-16-6-5-9(7-15)11-8-17-13-10(11)3-2-4-12(13)14/h2-4,8-9H,5-7,15H2,1H3. The third kappa shape index (κ3) is 2.49. The summed E-state index contributed by atoms with van der Waals surface area (Å²) in [5.74, 6) is 0.0896. The van der Waals surface area contributed by atoms with Gasteiger partial charge in [-0.3, -0.25) is 0 Å². The Kier molecular flexibility index (Phi) is 4.10. The van der Waals surface area contributed by atoms with Crippen LogP contribution >= 0.6 is 11.3 Å². The Morgan fingerprint density at radius 1 is 1.47 bits per heavy atom. The van der Waals surface area contributed by atoms with E-state index in [4.69, 9.17) is 10.5 Å². The topological polar surface area (TPSA) is 35.2 Å². The van der Waals surface area contributed by atoms with Gasteiger partial charge >= 0.3 is 0 Å². The molecule has 0 saturated heterocycles. The zero-order valence-corrected chi connectivity index (χ0v) is 10.6. The highest BCUT2D eigenvalue weighted by atomic mass is 32.1. The van der Waals surface area contributed by atoms with Crippen molar-refractivity contribution in [1.29, 1.82) is 0 Å². The minimum atomic E-state index is -0.152. The Morgan fingerprint density at radius 2 is 2.29 bits per heavy atom. The third-order valence-electron chi connectivity index (χ3n) is 2.98. The van der Waals surface area contributed by atoms with Crippen molar-refractivity contribution in [3.8, 4) is 0 Å². The monoisotopic (exact) mass is 253 g/mol. The molecule has 1 aromatic carbocycles. The molecule has 0 fully saturated rings. The highest BCUT2D eigenvalue weighted by Gasteiger charge is 2.15. The van der Waals surface area contributed by atoms with E-state index in [-0.39, 0.29) is 11.7 Å². The summed E-state index contributed by atoms with van der Waals surface area (Å²) in [4.78, 5) is 0. The van der Waals surface area contributed by atoms with Gasteiger partial charge in [-0.1, -0.05) is 12.1 Å². The van der Waals surface area contributed by atoms with Gasteiger partial charge in [-0.15, -0.1) is 11.3 Å². The third-order valence-corrected chi connectivity index (χ3v) is 4.00. The second-order valence-electron chi connectivity index (χ2n) is 4.02. The molecule has 0 spiro atoms. The summed E-state index contributed by atoms with van der Waals surface area (Å²) >= 11 is 1.45. The largest absolute Gasteiger partial charge is 0.385 e. The Bertz CT molecular complexity index is 497. The Labute approximate surface area is 104 Å². The van der Waals surface area contributed by atoms with Gasteiger partial charge in [0.15, 0.2) is 0 Å². The van der Waals surface area contributed by atoms with Crippen LogP contribution in [0.2, 0.25) is 0 Å². The van der Waals surface area contributed by atoms with Crippen molar-refractivity contribution in [2.45, 2.75) is 12.3 Å². The van der Waals surface area contributed by atoms with Crippen LogP contribution in [0.5, 0.6) is 0 Å². The molecule has 0 bridgehead atoms. The molecule has 2 nitrogen and oxygen atoms in total. The number of rotatable bonds is 5. The lowest BCUT2D eigenvalue weighted by atomic mass is 9.96. The summed E-state index contributed by atoms with van der Waals surface area (Å²) in [5, 5.41) is 3.00. The van der Waals surface area contributed by atoms with Crippen LogP contribution in [-0.4, -0.2) is 20.3 Å². The quantitative estimate of drug-likeness (QED) is 0.888. The van der Waals surface area contributed by atoms with Crippen molar-refractivity contribution >= 4 is 21.4 Å². The first kappa shape index (κ1) is 12.5. The van der Waals surface area contributed by atoms with Crippen LogP contribution in [0.15, 0.2) is 23.6 Å². The summed E-state index contributed by atoms with van der Waals surface area (Å²) in [6, 6.07) is 5.20. The predicted molar refractivity (Wildman–Crippen MR) is 70.1 cm³/mol. The minimum Gasteiger partial charge on any atom is -0.385 e. The van der Waals surface area contributed by atoms with Gasteiger partial charge in [0, 0.05) is 13.7 Å². The number of hydrogen-bond acceptors (Lipinski definition) is 3. The van der Waals surface area contributed by atoms with Gasteiger partial charge in [0.25, 0.3) is 0 Å². The fourth-order valence-electron chi connectivity index (χ4n) is 2.02. The molecule has 17 heavy (non-hydrogen) atoms. The summed E-state index contributed by atoms with van der Waals surface area (Å²) < 4.78 is 19.4. The van der Waals surface area contributed by atoms with E-state index in [2.05, 4.69) is 0 Å². The molecule has 0 saturated carbocycles. The zero-order valence-electron chi connectivity index (χ0n) is 9.78. The maximum Gasteiger partial charge on any atom is 0.140 e. The molecule has 0 aliphatic heterocycles. The molecule has 2 N–H and O–H groups in total. The Morgan fingerprint density at radius 3 is 3.00 bits per heavy atom. The predicted octanol–water partition coefficient (Wildman–Crippen LogP) is 3.12. The van der Waals surface area contributed by atoms with Crippen LogP contribution in [0.1, 0.15) is 17.9 Å². The zero-order chi connectivity index (χ0) is 12.3. The number of thiophene rings is 1. The fraction of sp³-hybridized carbons (Fsp3) is 0.385. The number of nitrogens with two attached hydrogens (primary N) is 1. The van der Waals surface area contributed by atoms with Crippen molar-refractivity contribution in [3.63, 3.8) is 0 Å². The first-order chi connectivity index (χ1) is 8.27. The lowest BCUT2D eigenvalue weighted by Gasteiger charge is -2.13. The van der Waals surface area contributed by atoms with Crippen LogP contribution in [0.4, 0.5) is 4.39 Å². The summed E-state index contributed by atoms with van der Waals surface area (Å²) in [6.07, 6.45) is 0.870. The van der Waals surface area contributed by atoms with Gasteiger partial charge in [-0.2, -0.15) is 0 Å². The van der Waals surface area contributed by atoms with Gasteiger partial charge in [0.05, 0.1) is 4.70 Å². The lowest BCUT2D eigenvalue weighted by molar-refractivity contribution is 0.188. The Balaban J connectivity index is 2.37. The minimum absolute atomic E-state index is 0.152. The van der Waals surface area contributed by atoms with Crippen LogP contribution in [0.3, 0.4) is 0 Å². The van der Waals surface area contributed by atoms with Crippen LogP contribution in [0.25, 0.3) is 10.1 Å². The molecule has 1 aromatic heterocycles. The van der Waals surface area contributed by atoms with Gasteiger partial charge in [-0.05, 0) is 41.3 Å². The molecular weight excluding hydrogens is 237 g/mol. The van der Waals surface area contributed by atoms with Gasteiger partial charge in [-0.25, -0.2) is 4.39 Å². The molecule has 2 rings (SSSR count). The molecular formula is C13H16FNOS. The van der Waals surface area contributed by atoms with Gasteiger partial charge < -0.3 is 10.5 Å². The van der Waals surface area contributed by atoms with Crippen molar-refractivity contribution in [3.05, 3.63) is 35.0 Å². The smallest absolute Gasteiger partial charge is 0.140 e. The van der Waals surface area contributed by atoms with E-state index in [1.165, 1.54) is 17.4 Å². The molecule has 92 valence electrons. The maximum atomic E-state index is 13.6. The van der Waals surface area contributed by atoms with Crippen molar-refractivity contribution in [1.82, 2.24) is 0 Å². The summed E-state index contributed by atoms with van der Waals surface area (Å²) in [5.41, 5.74) is 6.93. The Hall–Kier alpha value is -0.970. The van der Waals surface area contributed by atoms with E-state index in [0.717, 1.165) is 22.1 Å². The van der Waals surface area contributed by atoms with E-state index in [1.54, 1.807) is 13.2 Å². The number of fused-ring (bicyclic) bond motifs is 1. The molecule has 0 radical (unpaired) electrons. The first-order valence-electron chi connectivity index (χ1n) is 5.62. The molecule has 0 amide bonds.